The average Bonchev–Trinajstić information content (AvgIpc) is 2.93. The Balaban J connectivity index is 1.85. The van der Waals surface area contributed by atoms with Gasteiger partial charge in [0.15, 0.2) is 4.34 Å². The lowest BCUT2D eigenvalue weighted by molar-refractivity contribution is -0.119. The first-order valence-corrected chi connectivity index (χ1v) is 8.87. The van der Waals surface area contributed by atoms with Crippen LogP contribution in [0.25, 0.3) is 0 Å². The molecule has 5 nitrogen and oxygen atoms in total. The van der Waals surface area contributed by atoms with Gasteiger partial charge in [-0.15, -0.1) is 10.2 Å². The van der Waals surface area contributed by atoms with E-state index in [0.717, 1.165) is 19.5 Å². The Bertz CT molecular complexity index is 620. The first-order valence-electron chi connectivity index (χ1n) is 6.28. The molecule has 1 aromatic heterocycles. The first-order chi connectivity index (χ1) is 10.1. The highest BCUT2D eigenvalue weighted by atomic mass is 79.9. The van der Waals surface area contributed by atoms with Gasteiger partial charge in [-0.05, 0) is 18.6 Å². The molecular formula is C13H15BrN4OS2. The zero-order valence-electron chi connectivity index (χ0n) is 11.6. The molecular weight excluding hydrogens is 372 g/mol. The molecule has 0 aliphatic carbocycles. The van der Waals surface area contributed by atoms with Crippen LogP contribution in [0.2, 0.25) is 0 Å². The number of anilines is 1. The van der Waals surface area contributed by atoms with E-state index in [1.807, 2.05) is 31.2 Å². The fourth-order valence-corrected chi connectivity index (χ4v) is 3.83. The summed E-state index contributed by atoms with van der Waals surface area (Å²) in [5.41, 5.74) is 1.06. The lowest BCUT2D eigenvalue weighted by Crippen LogP contribution is -2.28. The van der Waals surface area contributed by atoms with Gasteiger partial charge in [0, 0.05) is 11.5 Å². The van der Waals surface area contributed by atoms with Gasteiger partial charge in [0.2, 0.25) is 11.0 Å². The van der Waals surface area contributed by atoms with Gasteiger partial charge in [0.1, 0.15) is 0 Å². The number of nitrogens with zero attached hydrogens (tertiary/aromatic N) is 2. The molecule has 0 aliphatic rings. The van der Waals surface area contributed by atoms with E-state index in [0.29, 0.717) is 5.75 Å². The third-order valence-corrected chi connectivity index (χ3v) is 5.49. The molecule has 1 amide bonds. The Morgan fingerprint density at radius 2 is 2.19 bits per heavy atom. The molecule has 1 atom stereocenters. The molecule has 1 heterocycles. The van der Waals surface area contributed by atoms with E-state index in [2.05, 4.69) is 36.8 Å². The molecule has 0 bridgehead atoms. The number of aromatic nitrogens is 2. The molecule has 0 unspecified atom stereocenters. The van der Waals surface area contributed by atoms with Gasteiger partial charge in [0.05, 0.1) is 11.8 Å². The molecule has 112 valence electrons. The van der Waals surface area contributed by atoms with Gasteiger partial charge >= 0.3 is 0 Å². The van der Waals surface area contributed by atoms with Gasteiger partial charge in [-0.1, -0.05) is 57.2 Å². The summed E-state index contributed by atoms with van der Waals surface area (Å²) in [6, 6.07) is 7.82. The fourth-order valence-electron chi connectivity index (χ4n) is 1.68. The van der Waals surface area contributed by atoms with Crippen molar-refractivity contribution >= 4 is 50.1 Å². The van der Waals surface area contributed by atoms with E-state index in [9.17, 15) is 4.79 Å². The zero-order valence-corrected chi connectivity index (χ0v) is 14.8. The van der Waals surface area contributed by atoms with Crippen LogP contribution in [0, 0.1) is 0 Å². The number of halogens is 1. The summed E-state index contributed by atoms with van der Waals surface area (Å²) in [4.78, 5) is 12.0. The molecule has 0 spiro atoms. The highest BCUT2D eigenvalue weighted by Crippen LogP contribution is 2.26. The second kappa shape index (κ2) is 7.77. The number of nitrogens with one attached hydrogen (secondary N) is 2. The number of amides is 1. The van der Waals surface area contributed by atoms with Crippen LogP contribution in [0.4, 0.5) is 5.13 Å². The Morgan fingerprint density at radius 1 is 1.43 bits per heavy atom. The van der Waals surface area contributed by atoms with E-state index in [4.69, 9.17) is 0 Å². The quantitative estimate of drug-likeness (QED) is 0.745. The number of thioether (sulfide) groups is 1. The SMILES string of the molecule is CNc1nnc(SCC(=O)N[C@@H](C)c2ccccc2Br)s1. The smallest absolute Gasteiger partial charge is 0.230 e. The molecule has 8 heteroatoms. The third kappa shape index (κ3) is 4.69. The minimum absolute atomic E-state index is 0.0236. The maximum Gasteiger partial charge on any atom is 0.230 e. The van der Waals surface area contributed by atoms with Crippen molar-refractivity contribution in [2.75, 3.05) is 18.1 Å². The van der Waals surface area contributed by atoms with Crippen LogP contribution in [0.3, 0.4) is 0 Å². The molecule has 0 radical (unpaired) electrons. The number of hydrogen-bond acceptors (Lipinski definition) is 6. The summed E-state index contributed by atoms with van der Waals surface area (Å²) in [7, 11) is 1.79. The van der Waals surface area contributed by atoms with Crippen LogP contribution in [0.1, 0.15) is 18.5 Å². The Hall–Kier alpha value is -1.12. The van der Waals surface area contributed by atoms with Gasteiger partial charge < -0.3 is 10.6 Å². The van der Waals surface area contributed by atoms with Crippen LogP contribution in [-0.2, 0) is 4.79 Å². The predicted molar refractivity (Wildman–Crippen MR) is 90.9 cm³/mol. The summed E-state index contributed by atoms with van der Waals surface area (Å²) >= 11 is 6.32. The lowest BCUT2D eigenvalue weighted by Gasteiger charge is -2.15. The van der Waals surface area contributed by atoms with Crippen molar-refractivity contribution in [3.8, 4) is 0 Å². The molecule has 0 saturated heterocycles. The summed E-state index contributed by atoms with van der Waals surface area (Å²) < 4.78 is 1.77. The largest absolute Gasteiger partial charge is 0.363 e. The molecule has 2 aromatic rings. The van der Waals surface area contributed by atoms with Crippen LogP contribution >= 0.6 is 39.0 Å². The lowest BCUT2D eigenvalue weighted by atomic mass is 10.1. The normalized spacial score (nSPS) is 12.0. The van der Waals surface area contributed by atoms with Crippen molar-refractivity contribution in [1.82, 2.24) is 15.5 Å². The summed E-state index contributed by atoms with van der Waals surface area (Å²) in [6.07, 6.45) is 0. The highest BCUT2D eigenvalue weighted by Gasteiger charge is 2.13. The molecule has 0 fully saturated rings. The third-order valence-electron chi connectivity index (χ3n) is 2.70. The first kappa shape index (κ1) is 16.3. The minimum atomic E-state index is -0.0454. The van der Waals surface area contributed by atoms with Crippen molar-refractivity contribution in [2.45, 2.75) is 17.3 Å². The second-order valence-corrected chi connectivity index (χ2v) is 7.28. The van der Waals surface area contributed by atoms with Gasteiger partial charge in [-0.3, -0.25) is 4.79 Å². The average molecular weight is 387 g/mol. The molecule has 2 N–H and O–H groups in total. The summed E-state index contributed by atoms with van der Waals surface area (Å²) in [6.45, 7) is 1.96. The highest BCUT2D eigenvalue weighted by molar-refractivity contribution is 9.10. The van der Waals surface area contributed by atoms with Gasteiger partial charge in [-0.2, -0.15) is 0 Å². The Morgan fingerprint density at radius 3 is 2.86 bits per heavy atom. The van der Waals surface area contributed by atoms with Crippen LogP contribution in [0.5, 0.6) is 0 Å². The summed E-state index contributed by atoms with van der Waals surface area (Å²) in [5.74, 6) is 0.303. The van der Waals surface area contributed by atoms with Gasteiger partial charge in [0.25, 0.3) is 0 Å². The van der Waals surface area contributed by atoms with E-state index in [1.54, 1.807) is 7.05 Å². The van der Waals surface area contributed by atoms with E-state index in [1.165, 1.54) is 23.1 Å². The van der Waals surface area contributed by atoms with Crippen LogP contribution < -0.4 is 10.6 Å². The topological polar surface area (TPSA) is 66.9 Å². The number of carbonyl (C=O) groups is 1. The maximum absolute atomic E-state index is 12.0. The maximum atomic E-state index is 12.0. The monoisotopic (exact) mass is 386 g/mol. The number of carbonyl (C=O) groups excluding carboxylic acids is 1. The van der Waals surface area contributed by atoms with Crippen molar-refractivity contribution in [2.24, 2.45) is 0 Å². The zero-order chi connectivity index (χ0) is 15.2. The van der Waals surface area contributed by atoms with Crippen molar-refractivity contribution in [3.05, 3.63) is 34.3 Å². The van der Waals surface area contributed by atoms with Crippen molar-refractivity contribution in [1.29, 1.82) is 0 Å². The second-order valence-electron chi connectivity index (χ2n) is 4.22. The summed E-state index contributed by atoms with van der Waals surface area (Å²) in [5, 5.41) is 14.6. The van der Waals surface area contributed by atoms with E-state index < -0.39 is 0 Å². The molecule has 0 aliphatic heterocycles. The minimum Gasteiger partial charge on any atom is -0.363 e. The number of hydrogen-bond donors (Lipinski definition) is 2. The van der Waals surface area contributed by atoms with E-state index >= 15 is 0 Å². The van der Waals surface area contributed by atoms with Crippen molar-refractivity contribution in [3.63, 3.8) is 0 Å². The number of benzene rings is 1. The molecule has 0 saturated carbocycles. The molecule has 21 heavy (non-hydrogen) atoms. The predicted octanol–water partition coefficient (Wildman–Crippen LogP) is 3.31. The number of rotatable bonds is 6. The standard InChI is InChI=1S/C13H15BrN4OS2/c1-8(9-5-3-4-6-10(9)14)16-11(19)7-20-13-18-17-12(15-2)21-13/h3-6,8H,7H2,1-2H3,(H,15,17)(H,16,19)/t8-/m0/s1. The van der Waals surface area contributed by atoms with Gasteiger partial charge in [-0.25, -0.2) is 0 Å². The molecule has 1 aromatic carbocycles. The van der Waals surface area contributed by atoms with Crippen LogP contribution in [-0.4, -0.2) is 28.9 Å². The molecule has 2 rings (SSSR count). The van der Waals surface area contributed by atoms with Crippen molar-refractivity contribution < 1.29 is 4.79 Å². The fraction of sp³-hybridized carbons (Fsp3) is 0.308. The Kier molecular flexibility index (Phi) is 6.01. The van der Waals surface area contributed by atoms with Crippen LogP contribution in [0.15, 0.2) is 33.1 Å². The Labute approximate surface area is 140 Å². The van der Waals surface area contributed by atoms with E-state index in [-0.39, 0.29) is 11.9 Å².